The quantitative estimate of drug-likeness (QED) is 0.729. The molecular formula is C12H13ClN6O. The first kappa shape index (κ1) is 14.2. The zero-order chi connectivity index (χ0) is 13.2. The van der Waals surface area contributed by atoms with Gasteiger partial charge in [0.1, 0.15) is 5.82 Å². The smallest absolute Gasteiger partial charge is 0.281 e. The van der Waals surface area contributed by atoms with Crippen molar-refractivity contribution in [2.75, 3.05) is 0 Å². The number of nitrogens with zero attached hydrogens (tertiary/aromatic N) is 4. The van der Waals surface area contributed by atoms with Gasteiger partial charge in [0.2, 0.25) is 0 Å². The molecule has 104 valence electrons. The minimum Gasteiger partial charge on any atom is -0.324 e. The molecule has 2 aromatic heterocycles. The van der Waals surface area contributed by atoms with Gasteiger partial charge in [-0.15, -0.1) is 17.5 Å². The number of rotatable bonds is 3. The fraction of sp³-hybridized carbons (Fsp3) is 0.167. The Morgan fingerprint density at radius 1 is 1.25 bits per heavy atom. The first-order valence-electron chi connectivity index (χ1n) is 5.84. The molecule has 20 heavy (non-hydrogen) atoms. The van der Waals surface area contributed by atoms with Crippen molar-refractivity contribution in [3.8, 4) is 0 Å². The lowest BCUT2D eigenvalue weighted by atomic mass is 10.2. The number of fused-ring (bicyclic) bond motifs is 1. The van der Waals surface area contributed by atoms with E-state index in [1.165, 1.54) is 0 Å². The van der Waals surface area contributed by atoms with Crippen molar-refractivity contribution in [2.45, 2.75) is 13.1 Å². The first-order chi connectivity index (χ1) is 9.28. The zero-order valence-electron chi connectivity index (χ0n) is 10.5. The molecule has 0 saturated heterocycles. The van der Waals surface area contributed by atoms with Gasteiger partial charge in [-0.1, -0.05) is 35.5 Å². The third kappa shape index (κ3) is 2.54. The second-order valence-electron chi connectivity index (χ2n) is 4.12. The number of hydrogen-bond acceptors (Lipinski definition) is 5. The van der Waals surface area contributed by atoms with Gasteiger partial charge in [-0.2, -0.15) is 0 Å². The highest BCUT2D eigenvalue weighted by molar-refractivity contribution is 5.85. The third-order valence-electron chi connectivity index (χ3n) is 2.79. The second-order valence-corrected chi connectivity index (χ2v) is 4.12. The van der Waals surface area contributed by atoms with E-state index in [0.29, 0.717) is 18.0 Å². The van der Waals surface area contributed by atoms with Crippen LogP contribution in [0.25, 0.3) is 11.2 Å². The maximum atomic E-state index is 11.8. The summed E-state index contributed by atoms with van der Waals surface area (Å²) < 4.78 is 1.60. The molecule has 0 fully saturated rings. The normalized spacial score (nSPS) is 10.4. The fourth-order valence-corrected chi connectivity index (χ4v) is 1.87. The standard InChI is InChI=1S/C12H12N6O.ClH/c13-6-9-14-11-10(12(19)15-9)16-17-18(11)7-8-4-2-1-3-5-8;/h1-5H,6-7,13H2,(H,14,15,19);1H. The summed E-state index contributed by atoms with van der Waals surface area (Å²) >= 11 is 0. The molecule has 2 heterocycles. The van der Waals surface area contributed by atoms with E-state index in [4.69, 9.17) is 5.73 Å². The molecule has 0 saturated carbocycles. The van der Waals surface area contributed by atoms with Gasteiger partial charge < -0.3 is 10.7 Å². The Kier molecular flexibility index (Phi) is 4.11. The number of nitrogens with two attached hydrogens (primary N) is 1. The van der Waals surface area contributed by atoms with Gasteiger partial charge in [0.05, 0.1) is 13.1 Å². The number of H-pyrrole nitrogens is 1. The van der Waals surface area contributed by atoms with E-state index in [1.54, 1.807) is 4.68 Å². The number of benzene rings is 1. The molecule has 3 rings (SSSR count). The van der Waals surface area contributed by atoms with Crippen molar-refractivity contribution in [1.29, 1.82) is 0 Å². The molecule has 3 N–H and O–H groups in total. The number of aromatic nitrogens is 5. The summed E-state index contributed by atoms with van der Waals surface area (Å²) in [5.74, 6) is 0.425. The molecule has 1 aromatic carbocycles. The van der Waals surface area contributed by atoms with E-state index in [9.17, 15) is 4.79 Å². The average Bonchev–Trinajstić information content (AvgIpc) is 2.83. The van der Waals surface area contributed by atoms with Crippen LogP contribution in [0.4, 0.5) is 0 Å². The highest BCUT2D eigenvalue weighted by atomic mass is 35.5. The van der Waals surface area contributed by atoms with Crippen molar-refractivity contribution >= 4 is 23.6 Å². The van der Waals surface area contributed by atoms with Crippen molar-refractivity contribution in [3.05, 3.63) is 52.1 Å². The van der Waals surface area contributed by atoms with Crippen LogP contribution in [0.3, 0.4) is 0 Å². The summed E-state index contributed by atoms with van der Waals surface area (Å²) in [6, 6.07) is 9.79. The van der Waals surface area contributed by atoms with Crippen LogP contribution in [0, 0.1) is 0 Å². The lowest BCUT2D eigenvalue weighted by Crippen LogP contribution is -2.15. The summed E-state index contributed by atoms with van der Waals surface area (Å²) in [5, 5.41) is 7.83. The summed E-state index contributed by atoms with van der Waals surface area (Å²) in [7, 11) is 0. The van der Waals surface area contributed by atoms with E-state index >= 15 is 0 Å². The predicted molar refractivity (Wildman–Crippen MR) is 76.6 cm³/mol. The number of hydrogen-bond donors (Lipinski definition) is 2. The lowest BCUT2D eigenvalue weighted by Gasteiger charge is -2.02. The van der Waals surface area contributed by atoms with Crippen LogP contribution in [0.1, 0.15) is 11.4 Å². The molecule has 0 aliphatic carbocycles. The number of halogens is 1. The minimum atomic E-state index is -0.315. The Hall–Kier alpha value is -2.25. The number of aromatic amines is 1. The van der Waals surface area contributed by atoms with Crippen molar-refractivity contribution in [3.63, 3.8) is 0 Å². The largest absolute Gasteiger partial charge is 0.324 e. The zero-order valence-corrected chi connectivity index (χ0v) is 11.3. The fourth-order valence-electron chi connectivity index (χ4n) is 1.87. The first-order valence-corrected chi connectivity index (χ1v) is 5.84. The maximum absolute atomic E-state index is 11.8. The van der Waals surface area contributed by atoms with E-state index < -0.39 is 0 Å². The highest BCUT2D eigenvalue weighted by Crippen LogP contribution is 2.07. The lowest BCUT2D eigenvalue weighted by molar-refractivity contribution is 0.662. The Labute approximate surface area is 120 Å². The van der Waals surface area contributed by atoms with Gasteiger partial charge in [-0.25, -0.2) is 9.67 Å². The van der Waals surface area contributed by atoms with Gasteiger partial charge in [-0.05, 0) is 5.56 Å². The van der Waals surface area contributed by atoms with Crippen LogP contribution in [0.15, 0.2) is 35.1 Å². The molecule has 0 bridgehead atoms. The third-order valence-corrected chi connectivity index (χ3v) is 2.79. The van der Waals surface area contributed by atoms with E-state index in [0.717, 1.165) is 5.56 Å². The molecule has 0 amide bonds. The second kappa shape index (κ2) is 5.81. The van der Waals surface area contributed by atoms with E-state index in [1.807, 2.05) is 30.3 Å². The molecule has 3 aromatic rings. The Balaban J connectivity index is 0.00000147. The molecule has 0 spiro atoms. The van der Waals surface area contributed by atoms with Crippen LogP contribution < -0.4 is 11.3 Å². The topological polar surface area (TPSA) is 102 Å². The molecule has 0 atom stereocenters. The van der Waals surface area contributed by atoms with Crippen LogP contribution >= 0.6 is 12.4 Å². The number of nitrogens with one attached hydrogen (secondary N) is 1. The molecule has 8 heteroatoms. The molecule has 0 aliphatic heterocycles. The SMILES string of the molecule is Cl.NCc1nc2c(nnn2Cc2ccccc2)c(=O)[nH]1. The van der Waals surface area contributed by atoms with Gasteiger partial charge in [0, 0.05) is 0 Å². The van der Waals surface area contributed by atoms with Crippen LogP contribution in [0.5, 0.6) is 0 Å². The molecule has 0 unspecified atom stereocenters. The Morgan fingerprint density at radius 3 is 2.70 bits per heavy atom. The summed E-state index contributed by atoms with van der Waals surface area (Å²) in [6.07, 6.45) is 0. The molecular weight excluding hydrogens is 280 g/mol. The summed E-state index contributed by atoms with van der Waals surface area (Å²) in [4.78, 5) is 18.6. The monoisotopic (exact) mass is 292 g/mol. The summed E-state index contributed by atoms with van der Waals surface area (Å²) in [6.45, 7) is 0.680. The van der Waals surface area contributed by atoms with E-state index in [-0.39, 0.29) is 30.0 Å². The summed E-state index contributed by atoms with van der Waals surface area (Å²) in [5.41, 5.74) is 6.93. The molecule has 0 radical (unpaired) electrons. The van der Waals surface area contributed by atoms with Crippen LogP contribution in [-0.4, -0.2) is 25.0 Å². The van der Waals surface area contributed by atoms with Gasteiger partial charge in [0.15, 0.2) is 11.2 Å². The van der Waals surface area contributed by atoms with Crippen molar-refractivity contribution in [2.24, 2.45) is 5.73 Å². The Bertz CT molecular complexity index is 766. The molecule has 7 nitrogen and oxygen atoms in total. The van der Waals surface area contributed by atoms with Crippen molar-refractivity contribution < 1.29 is 0 Å². The maximum Gasteiger partial charge on any atom is 0.281 e. The predicted octanol–water partition coefficient (Wildman–Crippen LogP) is 0.443. The average molecular weight is 293 g/mol. The molecule has 0 aliphatic rings. The van der Waals surface area contributed by atoms with Crippen molar-refractivity contribution in [1.82, 2.24) is 25.0 Å². The van der Waals surface area contributed by atoms with Crippen LogP contribution in [0.2, 0.25) is 0 Å². The Morgan fingerprint density at radius 2 is 2.00 bits per heavy atom. The van der Waals surface area contributed by atoms with Gasteiger partial charge >= 0.3 is 0 Å². The van der Waals surface area contributed by atoms with Gasteiger partial charge in [-0.3, -0.25) is 4.79 Å². The van der Waals surface area contributed by atoms with E-state index in [2.05, 4.69) is 20.3 Å². The minimum absolute atomic E-state index is 0. The van der Waals surface area contributed by atoms with Gasteiger partial charge in [0.25, 0.3) is 5.56 Å². The highest BCUT2D eigenvalue weighted by Gasteiger charge is 2.11. The van der Waals surface area contributed by atoms with Crippen LogP contribution in [-0.2, 0) is 13.1 Å².